The first kappa shape index (κ1) is 18.8. The number of anilines is 1. The fourth-order valence-electron chi connectivity index (χ4n) is 2.20. The second-order valence-corrected chi connectivity index (χ2v) is 7.74. The molecule has 6 nitrogen and oxygen atoms in total. The second-order valence-electron chi connectivity index (χ2n) is 5.68. The Hall–Kier alpha value is -2.56. The quantitative estimate of drug-likeness (QED) is 0.882. The number of nitrogens with one attached hydrogen (secondary N) is 1. The number of para-hydroxylation sites is 1. The number of hydrogen-bond acceptors (Lipinski definition) is 4. The monoisotopic (exact) mass is 377 g/mol. The largest absolute Gasteiger partial charge is 0.337 e. The highest BCUT2D eigenvalue weighted by Gasteiger charge is 2.35. The summed E-state index contributed by atoms with van der Waals surface area (Å²) >= 11 is 5.91. The highest BCUT2D eigenvalue weighted by atomic mass is 35.5. The number of halogens is 1. The molecule has 0 aromatic heterocycles. The maximum atomic E-state index is 12.7. The van der Waals surface area contributed by atoms with Gasteiger partial charge in [-0.1, -0.05) is 41.9 Å². The molecule has 0 saturated heterocycles. The van der Waals surface area contributed by atoms with Crippen molar-refractivity contribution in [2.75, 3.05) is 4.90 Å². The maximum Gasteiger partial charge on any atom is 0.337 e. The molecule has 2 rings (SSSR count). The summed E-state index contributed by atoms with van der Waals surface area (Å²) in [5.41, 5.74) is -0.887. The van der Waals surface area contributed by atoms with E-state index in [1.54, 1.807) is 36.4 Å². The number of amides is 2. The van der Waals surface area contributed by atoms with E-state index in [1.807, 2.05) is 10.8 Å². The zero-order valence-electron chi connectivity index (χ0n) is 13.6. The van der Waals surface area contributed by atoms with Crippen LogP contribution < -0.4 is 9.62 Å². The van der Waals surface area contributed by atoms with Gasteiger partial charge in [-0.05, 0) is 38.1 Å². The Bertz CT molecular complexity index is 922. The Morgan fingerprint density at radius 3 is 2.24 bits per heavy atom. The third kappa shape index (κ3) is 4.10. The number of nitrogens with zero attached hydrogens (tertiary/aromatic N) is 2. The molecule has 0 aliphatic heterocycles. The molecule has 2 amide bonds. The molecule has 130 valence electrons. The van der Waals surface area contributed by atoms with Crippen LogP contribution in [0.1, 0.15) is 13.8 Å². The molecule has 0 radical (unpaired) electrons. The lowest BCUT2D eigenvalue weighted by atomic mass is 10.0. The van der Waals surface area contributed by atoms with Gasteiger partial charge in [0.1, 0.15) is 10.4 Å². The lowest BCUT2D eigenvalue weighted by molar-refractivity contribution is 0.247. The SMILES string of the molecule is CC(C)(C#N)N(C(=O)NS(=O)(=O)c1ccccc1Cl)c1ccccc1. The average Bonchev–Trinajstić information content (AvgIpc) is 2.55. The summed E-state index contributed by atoms with van der Waals surface area (Å²) in [5.74, 6) is 0. The molecule has 0 bridgehead atoms. The number of carbonyl (C=O) groups is 1. The van der Waals surface area contributed by atoms with Crippen molar-refractivity contribution in [1.82, 2.24) is 4.72 Å². The number of hydrogen-bond donors (Lipinski definition) is 1. The standard InChI is InChI=1S/C17H16ClN3O3S/c1-17(2,12-19)21(13-8-4-3-5-9-13)16(22)20-25(23,24)15-11-7-6-10-14(15)18/h3-11H,1-2H3,(H,20,22). The number of nitriles is 1. The first-order valence-corrected chi connectivity index (χ1v) is 9.13. The zero-order chi connectivity index (χ0) is 18.7. The van der Waals surface area contributed by atoms with Crippen LogP contribution in [0.5, 0.6) is 0 Å². The van der Waals surface area contributed by atoms with E-state index in [-0.39, 0.29) is 9.92 Å². The summed E-state index contributed by atoms with van der Waals surface area (Å²) in [6.07, 6.45) is 0. The van der Waals surface area contributed by atoms with Gasteiger partial charge in [0.05, 0.1) is 11.1 Å². The van der Waals surface area contributed by atoms with Crippen LogP contribution in [0.15, 0.2) is 59.5 Å². The van der Waals surface area contributed by atoms with E-state index in [0.717, 1.165) is 4.90 Å². The van der Waals surface area contributed by atoms with Crippen LogP contribution >= 0.6 is 11.6 Å². The summed E-state index contributed by atoms with van der Waals surface area (Å²) in [4.78, 5) is 13.6. The molecule has 2 aromatic carbocycles. The number of urea groups is 1. The van der Waals surface area contributed by atoms with Crippen molar-refractivity contribution in [3.8, 4) is 6.07 Å². The van der Waals surface area contributed by atoms with E-state index >= 15 is 0 Å². The Kier molecular flexibility index (Phi) is 5.36. The Balaban J connectivity index is 2.42. The smallest absolute Gasteiger partial charge is 0.275 e. The maximum absolute atomic E-state index is 12.7. The van der Waals surface area contributed by atoms with E-state index < -0.39 is 21.6 Å². The number of benzene rings is 2. The third-order valence-corrected chi connectivity index (χ3v) is 5.22. The summed E-state index contributed by atoms with van der Waals surface area (Å²) in [7, 11) is -4.19. The molecule has 8 heteroatoms. The number of carbonyl (C=O) groups excluding carboxylic acids is 1. The van der Waals surface area contributed by atoms with Crippen LogP contribution in [-0.4, -0.2) is 20.0 Å². The first-order valence-electron chi connectivity index (χ1n) is 7.27. The fraction of sp³-hybridized carbons (Fsp3) is 0.176. The minimum absolute atomic E-state index is 0.00592. The molecule has 0 spiro atoms. The minimum Gasteiger partial charge on any atom is -0.275 e. The average molecular weight is 378 g/mol. The predicted molar refractivity (Wildman–Crippen MR) is 95.8 cm³/mol. The highest BCUT2D eigenvalue weighted by molar-refractivity contribution is 7.90. The van der Waals surface area contributed by atoms with Gasteiger partial charge in [0.15, 0.2) is 0 Å². The second kappa shape index (κ2) is 7.13. The Labute approximate surface area is 151 Å². The van der Waals surface area contributed by atoms with Gasteiger partial charge >= 0.3 is 6.03 Å². The highest BCUT2D eigenvalue weighted by Crippen LogP contribution is 2.25. The van der Waals surface area contributed by atoms with Gasteiger partial charge in [-0.3, -0.25) is 4.90 Å². The van der Waals surface area contributed by atoms with Gasteiger partial charge in [0.25, 0.3) is 10.0 Å². The van der Waals surface area contributed by atoms with E-state index in [4.69, 9.17) is 11.6 Å². The van der Waals surface area contributed by atoms with E-state index in [2.05, 4.69) is 0 Å². The first-order chi connectivity index (χ1) is 11.7. The van der Waals surface area contributed by atoms with Gasteiger partial charge in [0, 0.05) is 5.69 Å². The molecule has 0 unspecified atom stereocenters. The molecule has 25 heavy (non-hydrogen) atoms. The number of rotatable bonds is 4. The summed E-state index contributed by atoms with van der Waals surface area (Å²) in [6, 6.07) is 15.2. The van der Waals surface area contributed by atoms with Gasteiger partial charge < -0.3 is 0 Å². The van der Waals surface area contributed by atoms with Crippen molar-refractivity contribution >= 4 is 33.3 Å². The molecule has 1 N–H and O–H groups in total. The van der Waals surface area contributed by atoms with Crippen molar-refractivity contribution < 1.29 is 13.2 Å². The molecular weight excluding hydrogens is 362 g/mol. The van der Waals surface area contributed by atoms with Crippen molar-refractivity contribution in [3.05, 3.63) is 59.6 Å². The molecular formula is C17H16ClN3O3S. The fourth-order valence-corrected chi connectivity index (χ4v) is 3.65. The van der Waals surface area contributed by atoms with Gasteiger partial charge in [-0.15, -0.1) is 0 Å². The molecule has 0 atom stereocenters. The molecule has 0 aliphatic carbocycles. The molecule has 0 saturated carbocycles. The zero-order valence-corrected chi connectivity index (χ0v) is 15.2. The van der Waals surface area contributed by atoms with E-state index in [1.165, 1.54) is 32.0 Å². The van der Waals surface area contributed by atoms with Crippen LogP contribution in [0.2, 0.25) is 5.02 Å². The Morgan fingerprint density at radius 1 is 1.12 bits per heavy atom. The van der Waals surface area contributed by atoms with E-state index in [0.29, 0.717) is 5.69 Å². The van der Waals surface area contributed by atoms with Gasteiger partial charge in [-0.2, -0.15) is 5.26 Å². The third-order valence-electron chi connectivity index (χ3n) is 3.40. The predicted octanol–water partition coefficient (Wildman–Crippen LogP) is 3.55. The van der Waals surface area contributed by atoms with Gasteiger partial charge in [-0.25, -0.2) is 17.9 Å². The summed E-state index contributed by atoms with van der Waals surface area (Å²) in [5, 5.41) is 9.39. The normalized spacial score (nSPS) is 11.4. The summed E-state index contributed by atoms with van der Waals surface area (Å²) in [6.45, 7) is 3.03. The van der Waals surface area contributed by atoms with Crippen LogP contribution in [0.3, 0.4) is 0 Å². The van der Waals surface area contributed by atoms with Crippen LogP contribution in [0, 0.1) is 11.3 Å². The van der Waals surface area contributed by atoms with Crippen molar-refractivity contribution in [2.24, 2.45) is 0 Å². The Morgan fingerprint density at radius 2 is 1.68 bits per heavy atom. The minimum atomic E-state index is -4.19. The number of sulfonamides is 1. The van der Waals surface area contributed by atoms with Crippen molar-refractivity contribution in [2.45, 2.75) is 24.3 Å². The summed E-state index contributed by atoms with van der Waals surface area (Å²) < 4.78 is 27.0. The molecule has 0 heterocycles. The molecule has 2 aromatic rings. The molecule has 0 fully saturated rings. The van der Waals surface area contributed by atoms with Crippen LogP contribution in [0.25, 0.3) is 0 Å². The van der Waals surface area contributed by atoms with Crippen molar-refractivity contribution in [1.29, 1.82) is 5.26 Å². The van der Waals surface area contributed by atoms with E-state index in [9.17, 15) is 18.5 Å². The van der Waals surface area contributed by atoms with Gasteiger partial charge in [0.2, 0.25) is 0 Å². The lowest BCUT2D eigenvalue weighted by Gasteiger charge is -2.33. The lowest BCUT2D eigenvalue weighted by Crippen LogP contribution is -2.53. The van der Waals surface area contributed by atoms with Crippen LogP contribution in [-0.2, 0) is 10.0 Å². The van der Waals surface area contributed by atoms with Crippen LogP contribution in [0.4, 0.5) is 10.5 Å². The molecule has 0 aliphatic rings. The van der Waals surface area contributed by atoms with Crippen molar-refractivity contribution in [3.63, 3.8) is 0 Å². The topological polar surface area (TPSA) is 90.3 Å².